The van der Waals surface area contributed by atoms with Crippen LogP contribution in [0.25, 0.3) is 0 Å². The summed E-state index contributed by atoms with van der Waals surface area (Å²) < 4.78 is 49.7. The first-order valence-electron chi connectivity index (χ1n) is 6.78. The molecule has 4 nitrogen and oxygen atoms in total. The molecule has 1 aromatic heterocycles. The Bertz CT molecular complexity index is 496. The van der Waals surface area contributed by atoms with Crippen LogP contribution in [0.15, 0.2) is 23.0 Å². The Hall–Kier alpha value is -1.60. The van der Waals surface area contributed by atoms with Crippen LogP contribution in [0.5, 0.6) is 0 Å². The zero-order valence-electron chi connectivity index (χ0n) is 12.2. The predicted octanol–water partition coefficient (Wildman–Crippen LogP) is 3.83. The van der Waals surface area contributed by atoms with Gasteiger partial charge in [0, 0.05) is 13.1 Å². The Balaban J connectivity index is 2.17. The summed E-state index contributed by atoms with van der Waals surface area (Å²) >= 11 is 0. The third-order valence-corrected chi connectivity index (χ3v) is 3.47. The number of furan rings is 1. The van der Waals surface area contributed by atoms with Gasteiger partial charge >= 0.3 is 13.1 Å². The molecule has 0 aliphatic carbocycles. The van der Waals surface area contributed by atoms with E-state index in [1.165, 1.54) is 18.6 Å². The van der Waals surface area contributed by atoms with Crippen molar-refractivity contribution in [2.75, 3.05) is 13.1 Å². The summed E-state index contributed by atoms with van der Waals surface area (Å²) in [7, 11) is 0. The Kier molecular flexibility index (Phi) is 3.99. The second-order valence-electron chi connectivity index (χ2n) is 6.34. The molecule has 0 saturated carbocycles. The van der Waals surface area contributed by atoms with Crippen molar-refractivity contribution < 1.29 is 26.9 Å². The summed E-state index contributed by atoms with van der Waals surface area (Å²) in [6, 6.07) is 1.51. The van der Waals surface area contributed by atoms with Crippen LogP contribution in [0.1, 0.15) is 32.3 Å². The first-order chi connectivity index (χ1) is 9.58. The highest BCUT2D eigenvalue weighted by molar-refractivity contribution is 6.60. The van der Waals surface area contributed by atoms with Crippen molar-refractivity contribution >= 4 is 13.1 Å². The minimum absolute atomic E-state index is 0.0135. The maximum atomic E-state index is 13.2. The number of hydrogen-bond acceptors (Lipinski definition) is 3. The molecule has 2 atom stereocenters. The van der Waals surface area contributed by atoms with E-state index in [1.54, 1.807) is 20.8 Å². The number of likely N-dealkylation sites (tertiary alicyclic amines) is 1. The third-order valence-electron chi connectivity index (χ3n) is 3.47. The fraction of sp³-hybridized carbons (Fsp3) is 0.615. The van der Waals surface area contributed by atoms with Gasteiger partial charge in [0.1, 0.15) is 5.60 Å². The van der Waals surface area contributed by atoms with Crippen molar-refractivity contribution in [1.82, 2.24) is 4.90 Å². The van der Waals surface area contributed by atoms with Gasteiger partial charge in [-0.05, 0) is 44.1 Å². The molecule has 0 radical (unpaired) electrons. The van der Waals surface area contributed by atoms with E-state index in [0.717, 1.165) is 4.90 Å². The van der Waals surface area contributed by atoms with Gasteiger partial charge in [-0.15, -0.1) is 0 Å². The second-order valence-corrected chi connectivity index (χ2v) is 6.34. The number of amides is 1. The lowest BCUT2D eigenvalue weighted by Gasteiger charge is -2.27. The molecule has 2 heterocycles. The Morgan fingerprint density at radius 1 is 1.38 bits per heavy atom. The molecule has 8 heteroatoms. The van der Waals surface area contributed by atoms with E-state index >= 15 is 0 Å². The number of carbonyl (C=O) groups excluding carboxylic acids is 1. The Labute approximate surface area is 121 Å². The summed E-state index contributed by atoms with van der Waals surface area (Å²) in [4.78, 5) is 13.1. The maximum Gasteiger partial charge on any atom is 0.483 e. The van der Waals surface area contributed by atoms with E-state index in [0.29, 0.717) is 5.56 Å². The number of hydrogen-bond donors (Lipinski definition) is 0. The van der Waals surface area contributed by atoms with Crippen molar-refractivity contribution in [3.63, 3.8) is 0 Å². The lowest BCUT2D eigenvalue weighted by Crippen LogP contribution is -2.36. The SMILES string of the molecule is CC(C)(C)OC(=O)N1CC(c2ccoc2)C([B-](F)(F)F)C1. The molecule has 118 valence electrons. The van der Waals surface area contributed by atoms with Crippen molar-refractivity contribution in [3.05, 3.63) is 24.2 Å². The first-order valence-corrected chi connectivity index (χ1v) is 6.78. The van der Waals surface area contributed by atoms with E-state index in [4.69, 9.17) is 9.15 Å². The van der Waals surface area contributed by atoms with Gasteiger partial charge in [-0.25, -0.2) is 4.79 Å². The van der Waals surface area contributed by atoms with Crippen LogP contribution in [-0.4, -0.2) is 36.7 Å². The summed E-state index contributed by atoms with van der Waals surface area (Å²) in [5, 5.41) is 0. The molecule has 0 spiro atoms. The van der Waals surface area contributed by atoms with Crippen molar-refractivity contribution in [2.45, 2.75) is 38.1 Å². The molecule has 1 saturated heterocycles. The zero-order valence-corrected chi connectivity index (χ0v) is 12.2. The van der Waals surface area contributed by atoms with Crippen LogP contribution in [0, 0.1) is 0 Å². The van der Waals surface area contributed by atoms with Crippen LogP contribution >= 0.6 is 0 Å². The number of nitrogens with zero attached hydrogens (tertiary/aromatic N) is 1. The Morgan fingerprint density at radius 3 is 2.52 bits per heavy atom. The van der Waals surface area contributed by atoms with Crippen LogP contribution in [0.4, 0.5) is 17.7 Å². The molecule has 0 aromatic carbocycles. The standard InChI is InChI=1S/C13H18BF3NO3/c1-13(2,3)21-12(19)18-6-10(9-4-5-20-8-9)11(7-18)14(15,16)17/h4-5,8,10-11H,6-7H2,1-3H3/q-1. The van der Waals surface area contributed by atoms with E-state index in [2.05, 4.69) is 0 Å². The predicted molar refractivity (Wildman–Crippen MR) is 72.1 cm³/mol. The molecule has 2 rings (SSSR count). The zero-order chi connectivity index (χ0) is 15.8. The topological polar surface area (TPSA) is 42.7 Å². The molecule has 0 bridgehead atoms. The summed E-state index contributed by atoms with van der Waals surface area (Å²) in [5.41, 5.74) is -0.269. The van der Waals surface area contributed by atoms with Gasteiger partial charge in [0.05, 0.1) is 12.5 Å². The smallest absolute Gasteiger partial charge is 0.472 e. The largest absolute Gasteiger partial charge is 0.483 e. The van der Waals surface area contributed by atoms with Crippen molar-refractivity contribution in [3.8, 4) is 0 Å². The van der Waals surface area contributed by atoms with Crippen LogP contribution < -0.4 is 0 Å². The summed E-state index contributed by atoms with van der Waals surface area (Å²) in [6.45, 7) is -0.393. The van der Waals surface area contributed by atoms with Crippen molar-refractivity contribution in [1.29, 1.82) is 0 Å². The molecular formula is C13H18BF3NO3-. The molecule has 1 aliphatic heterocycles. The van der Waals surface area contributed by atoms with E-state index < -0.39 is 30.4 Å². The van der Waals surface area contributed by atoms with Gasteiger partial charge in [-0.2, -0.15) is 0 Å². The van der Waals surface area contributed by atoms with Gasteiger partial charge in [0.25, 0.3) is 0 Å². The quantitative estimate of drug-likeness (QED) is 0.780. The average molecular weight is 304 g/mol. The van der Waals surface area contributed by atoms with Gasteiger partial charge in [-0.3, -0.25) is 0 Å². The molecule has 2 unspecified atom stereocenters. The highest BCUT2D eigenvalue weighted by Gasteiger charge is 2.48. The highest BCUT2D eigenvalue weighted by atomic mass is 19.4. The van der Waals surface area contributed by atoms with Gasteiger partial charge < -0.3 is 27.0 Å². The van der Waals surface area contributed by atoms with Crippen LogP contribution in [0.3, 0.4) is 0 Å². The lowest BCUT2D eigenvalue weighted by molar-refractivity contribution is 0.0292. The van der Waals surface area contributed by atoms with E-state index in [1.807, 2.05) is 0 Å². The molecule has 1 aliphatic rings. The second kappa shape index (κ2) is 5.31. The number of rotatable bonds is 2. The monoisotopic (exact) mass is 304 g/mol. The van der Waals surface area contributed by atoms with Crippen LogP contribution in [0.2, 0.25) is 5.82 Å². The molecular weight excluding hydrogens is 286 g/mol. The number of halogens is 3. The molecule has 1 amide bonds. The normalized spacial score (nSPS) is 23.4. The number of ether oxygens (including phenoxy) is 1. The summed E-state index contributed by atoms with van der Waals surface area (Å²) in [6.07, 6.45) is 1.93. The fourth-order valence-electron chi connectivity index (χ4n) is 2.53. The molecule has 1 aromatic rings. The van der Waals surface area contributed by atoms with Crippen molar-refractivity contribution in [2.24, 2.45) is 0 Å². The third kappa shape index (κ3) is 3.74. The van der Waals surface area contributed by atoms with Crippen LogP contribution in [-0.2, 0) is 4.74 Å². The minimum atomic E-state index is -5.05. The lowest BCUT2D eigenvalue weighted by atomic mass is 9.65. The highest BCUT2D eigenvalue weighted by Crippen LogP contribution is 2.45. The average Bonchev–Trinajstić information content (AvgIpc) is 2.94. The van der Waals surface area contributed by atoms with E-state index in [9.17, 15) is 17.7 Å². The molecule has 1 fully saturated rings. The number of carbonyl (C=O) groups is 1. The van der Waals surface area contributed by atoms with Gasteiger partial charge in [-0.1, -0.05) is 0 Å². The van der Waals surface area contributed by atoms with Gasteiger partial charge in [0.2, 0.25) is 0 Å². The molecule has 21 heavy (non-hydrogen) atoms. The fourth-order valence-corrected chi connectivity index (χ4v) is 2.53. The molecule has 0 N–H and O–H groups in total. The van der Waals surface area contributed by atoms with Gasteiger partial charge in [0.15, 0.2) is 0 Å². The Morgan fingerprint density at radius 2 is 2.05 bits per heavy atom. The minimum Gasteiger partial charge on any atom is -0.472 e. The first kappa shape index (κ1) is 15.8. The van der Waals surface area contributed by atoms with E-state index in [-0.39, 0.29) is 13.1 Å². The summed E-state index contributed by atoms with van der Waals surface area (Å²) in [5.74, 6) is -2.34. The maximum absolute atomic E-state index is 13.2.